The highest BCUT2D eigenvalue weighted by Crippen LogP contribution is 2.22. The average Bonchev–Trinajstić information content (AvgIpc) is 2.34. The summed E-state index contributed by atoms with van der Waals surface area (Å²) in [5, 5.41) is 8.25. The average molecular weight is 263 g/mol. The Bertz CT molecular complexity index is 535. The molecule has 3 nitrogen and oxygen atoms in total. The zero-order chi connectivity index (χ0) is 13.1. The molecule has 0 atom stereocenters. The van der Waals surface area contributed by atoms with Crippen molar-refractivity contribution >= 4 is 23.1 Å². The zero-order valence-electron chi connectivity index (χ0n) is 10.3. The molecule has 94 valence electrons. The molecule has 4 heteroatoms. The minimum atomic E-state index is -0.0897. The molecule has 1 aliphatic rings. The second-order valence-electron chi connectivity index (χ2n) is 4.48. The summed E-state index contributed by atoms with van der Waals surface area (Å²) in [6.45, 7) is 1.47. The lowest BCUT2D eigenvalue weighted by Gasteiger charge is -2.14. The molecule has 1 aliphatic carbocycles. The highest BCUT2D eigenvalue weighted by Gasteiger charge is 2.13. The van der Waals surface area contributed by atoms with Crippen molar-refractivity contribution in [3.8, 4) is 0 Å². The number of allylic oxidation sites excluding steroid dienone is 2. The molecule has 2 rings (SSSR count). The Labute approximate surface area is 111 Å². The summed E-state index contributed by atoms with van der Waals surface area (Å²) in [5.74, 6) is -0.0897. The summed E-state index contributed by atoms with van der Waals surface area (Å²) in [5.41, 5.74) is 2.98. The van der Waals surface area contributed by atoms with Crippen molar-refractivity contribution in [1.29, 1.82) is 5.41 Å². The molecule has 0 saturated carbocycles. The fraction of sp³-hybridized carbons (Fsp3) is 0.357. The van der Waals surface area contributed by atoms with Crippen molar-refractivity contribution in [2.75, 3.05) is 0 Å². The molecule has 18 heavy (non-hydrogen) atoms. The predicted octanol–water partition coefficient (Wildman–Crippen LogP) is 3.61. The Balaban J connectivity index is 2.22. The number of pyridine rings is 1. The van der Waals surface area contributed by atoms with Crippen molar-refractivity contribution in [2.45, 2.75) is 32.6 Å². The van der Waals surface area contributed by atoms with Crippen LogP contribution in [0.15, 0.2) is 23.8 Å². The molecule has 0 aromatic carbocycles. The van der Waals surface area contributed by atoms with Crippen LogP contribution in [-0.4, -0.2) is 16.5 Å². The van der Waals surface area contributed by atoms with Gasteiger partial charge in [0.2, 0.25) is 0 Å². The van der Waals surface area contributed by atoms with Gasteiger partial charge >= 0.3 is 0 Å². The molecule has 1 aromatic rings. The Kier molecular flexibility index (Phi) is 3.92. The van der Waals surface area contributed by atoms with Crippen LogP contribution in [0.1, 0.15) is 42.2 Å². The Morgan fingerprint density at radius 3 is 2.89 bits per heavy atom. The first-order chi connectivity index (χ1) is 8.58. The zero-order valence-corrected chi connectivity index (χ0v) is 11.0. The molecule has 0 aliphatic heterocycles. The van der Waals surface area contributed by atoms with Gasteiger partial charge in [0, 0.05) is 19.1 Å². The van der Waals surface area contributed by atoms with Gasteiger partial charge < -0.3 is 5.41 Å². The number of nitrogens with one attached hydrogen (secondary N) is 1. The van der Waals surface area contributed by atoms with E-state index in [4.69, 9.17) is 17.0 Å². The number of aromatic nitrogens is 1. The van der Waals surface area contributed by atoms with E-state index in [-0.39, 0.29) is 5.78 Å². The van der Waals surface area contributed by atoms with Crippen molar-refractivity contribution < 1.29 is 4.79 Å². The SMILES string of the molecule is CC(=O)c1ccc(CC2=CCCCC2=N)c(Cl)n1. The van der Waals surface area contributed by atoms with Crippen LogP contribution in [0.4, 0.5) is 0 Å². The summed E-state index contributed by atoms with van der Waals surface area (Å²) >= 11 is 6.08. The van der Waals surface area contributed by atoms with Gasteiger partial charge in [-0.15, -0.1) is 0 Å². The maximum absolute atomic E-state index is 11.2. The van der Waals surface area contributed by atoms with Crippen molar-refractivity contribution in [3.05, 3.63) is 40.2 Å². The second kappa shape index (κ2) is 5.44. The molecule has 0 amide bonds. The molecule has 1 aromatic heterocycles. The predicted molar refractivity (Wildman–Crippen MR) is 72.6 cm³/mol. The normalized spacial score (nSPS) is 15.4. The number of ketones is 1. The third-order valence-electron chi connectivity index (χ3n) is 3.08. The van der Waals surface area contributed by atoms with Crippen LogP contribution in [0.3, 0.4) is 0 Å². The van der Waals surface area contributed by atoms with Crippen LogP contribution in [0, 0.1) is 5.41 Å². The van der Waals surface area contributed by atoms with Gasteiger partial charge in [-0.25, -0.2) is 4.98 Å². The third kappa shape index (κ3) is 2.85. The third-order valence-corrected chi connectivity index (χ3v) is 3.40. The van der Waals surface area contributed by atoms with E-state index in [1.54, 1.807) is 6.07 Å². The van der Waals surface area contributed by atoms with Gasteiger partial charge in [0.25, 0.3) is 0 Å². The van der Waals surface area contributed by atoms with Crippen molar-refractivity contribution in [3.63, 3.8) is 0 Å². The fourth-order valence-electron chi connectivity index (χ4n) is 2.01. The molecular formula is C14H15ClN2O. The van der Waals surface area contributed by atoms with Crippen LogP contribution >= 0.6 is 11.6 Å². The first-order valence-electron chi connectivity index (χ1n) is 6.01. The number of Topliss-reactive ketones (excluding diaryl/α,β-unsaturated/α-hetero) is 1. The van der Waals surface area contributed by atoms with E-state index in [1.165, 1.54) is 6.92 Å². The van der Waals surface area contributed by atoms with Gasteiger partial charge in [-0.1, -0.05) is 23.7 Å². The summed E-state index contributed by atoms with van der Waals surface area (Å²) in [6.07, 6.45) is 5.64. The number of carbonyl (C=O) groups excluding carboxylic acids is 1. The van der Waals surface area contributed by atoms with Gasteiger partial charge in [0.05, 0.1) is 0 Å². The first kappa shape index (κ1) is 13.0. The Hall–Kier alpha value is -1.48. The van der Waals surface area contributed by atoms with E-state index in [0.717, 1.165) is 30.4 Å². The minimum absolute atomic E-state index is 0.0897. The van der Waals surface area contributed by atoms with Gasteiger partial charge in [-0.2, -0.15) is 0 Å². The number of nitrogens with zero attached hydrogens (tertiary/aromatic N) is 1. The molecule has 0 unspecified atom stereocenters. The number of rotatable bonds is 3. The largest absolute Gasteiger partial charge is 0.305 e. The molecule has 1 heterocycles. The number of halogens is 1. The maximum Gasteiger partial charge on any atom is 0.178 e. The lowest BCUT2D eigenvalue weighted by molar-refractivity contribution is 0.101. The lowest BCUT2D eigenvalue weighted by atomic mass is 9.93. The Morgan fingerprint density at radius 2 is 2.28 bits per heavy atom. The molecule has 0 saturated heterocycles. The smallest absolute Gasteiger partial charge is 0.178 e. The Morgan fingerprint density at radius 1 is 1.50 bits per heavy atom. The summed E-state index contributed by atoms with van der Waals surface area (Å²) in [6, 6.07) is 3.52. The van der Waals surface area contributed by atoms with Crippen LogP contribution in [0.25, 0.3) is 0 Å². The number of hydrogen-bond acceptors (Lipinski definition) is 3. The van der Waals surface area contributed by atoms with Crippen LogP contribution in [0.2, 0.25) is 5.15 Å². The van der Waals surface area contributed by atoms with Gasteiger partial charge in [0.1, 0.15) is 10.8 Å². The van der Waals surface area contributed by atoms with E-state index in [9.17, 15) is 4.79 Å². The highest BCUT2D eigenvalue weighted by atomic mass is 35.5. The summed E-state index contributed by atoms with van der Waals surface area (Å²) in [4.78, 5) is 15.3. The molecular weight excluding hydrogens is 248 g/mol. The molecule has 0 radical (unpaired) electrons. The van der Waals surface area contributed by atoms with Gasteiger partial charge in [-0.3, -0.25) is 4.79 Å². The molecule has 1 N–H and O–H groups in total. The fourth-order valence-corrected chi connectivity index (χ4v) is 2.23. The van der Waals surface area contributed by atoms with E-state index < -0.39 is 0 Å². The highest BCUT2D eigenvalue weighted by molar-refractivity contribution is 6.30. The standard InChI is InChI=1S/C14H15ClN2O/c1-9(18)13-7-6-11(14(15)17-13)8-10-4-2-3-5-12(10)16/h4,6-7,16H,2-3,5,8H2,1H3. The maximum atomic E-state index is 11.2. The van der Waals surface area contributed by atoms with Gasteiger partial charge in [0.15, 0.2) is 5.78 Å². The van der Waals surface area contributed by atoms with E-state index in [1.807, 2.05) is 6.07 Å². The van der Waals surface area contributed by atoms with E-state index in [0.29, 0.717) is 23.0 Å². The first-order valence-corrected chi connectivity index (χ1v) is 6.39. The van der Waals surface area contributed by atoms with E-state index in [2.05, 4.69) is 11.1 Å². The summed E-state index contributed by atoms with van der Waals surface area (Å²) < 4.78 is 0. The molecule has 0 fully saturated rings. The van der Waals surface area contributed by atoms with Gasteiger partial charge in [-0.05, 0) is 36.5 Å². The quantitative estimate of drug-likeness (QED) is 0.668. The van der Waals surface area contributed by atoms with E-state index >= 15 is 0 Å². The second-order valence-corrected chi connectivity index (χ2v) is 4.84. The molecule has 0 bridgehead atoms. The lowest BCUT2D eigenvalue weighted by Crippen LogP contribution is -2.09. The van der Waals surface area contributed by atoms with Crippen molar-refractivity contribution in [2.24, 2.45) is 0 Å². The molecule has 0 spiro atoms. The van der Waals surface area contributed by atoms with Crippen LogP contribution < -0.4 is 0 Å². The monoisotopic (exact) mass is 262 g/mol. The topological polar surface area (TPSA) is 53.8 Å². The van der Waals surface area contributed by atoms with Crippen LogP contribution in [0.5, 0.6) is 0 Å². The summed E-state index contributed by atoms with van der Waals surface area (Å²) in [7, 11) is 0. The minimum Gasteiger partial charge on any atom is -0.305 e. The van der Waals surface area contributed by atoms with Crippen LogP contribution in [-0.2, 0) is 6.42 Å². The number of carbonyl (C=O) groups is 1. The van der Waals surface area contributed by atoms with Crippen molar-refractivity contribution in [1.82, 2.24) is 4.98 Å². The number of hydrogen-bond donors (Lipinski definition) is 1.